The highest BCUT2D eigenvalue weighted by Gasteiger charge is 2.30. The quantitative estimate of drug-likeness (QED) is 0.0222. The van der Waals surface area contributed by atoms with E-state index >= 15 is 0 Å². The summed E-state index contributed by atoms with van der Waals surface area (Å²) in [5.41, 5.74) is 0. The highest BCUT2D eigenvalue weighted by molar-refractivity contribution is 7.47. The Morgan fingerprint density at radius 2 is 0.516 bits per heavy atom. The largest absolute Gasteiger partial charge is 0.472 e. The number of ether oxygens (including phenoxy) is 4. The lowest BCUT2D eigenvalue weighted by molar-refractivity contribution is -0.161. The molecule has 17 nitrogen and oxygen atoms in total. The molecule has 3 N–H and O–H groups in total. The predicted octanol–water partition coefficient (Wildman–Crippen LogP) is 21.3. The number of carbonyl (C=O) groups is 4. The van der Waals surface area contributed by atoms with Gasteiger partial charge in [0, 0.05) is 25.7 Å². The molecule has 0 saturated carbocycles. The van der Waals surface area contributed by atoms with Gasteiger partial charge in [0.1, 0.15) is 19.3 Å². The van der Waals surface area contributed by atoms with Gasteiger partial charge in [0.05, 0.1) is 26.4 Å². The molecule has 4 unspecified atom stereocenters. The zero-order valence-corrected chi connectivity index (χ0v) is 62.7. The van der Waals surface area contributed by atoms with Crippen LogP contribution in [-0.4, -0.2) is 96.7 Å². The fourth-order valence-corrected chi connectivity index (χ4v) is 12.7. The van der Waals surface area contributed by atoms with Gasteiger partial charge in [0.25, 0.3) is 0 Å². The summed E-state index contributed by atoms with van der Waals surface area (Å²) in [5.74, 6) is 0.913. The van der Waals surface area contributed by atoms with Crippen molar-refractivity contribution in [2.24, 2.45) is 23.7 Å². The van der Waals surface area contributed by atoms with Gasteiger partial charge in [0.2, 0.25) is 0 Å². The average Bonchev–Trinajstić information content (AvgIpc) is 2.64. The third kappa shape index (κ3) is 67.0. The number of phosphoric ester groups is 2. The van der Waals surface area contributed by atoms with Gasteiger partial charge in [-0.1, -0.05) is 319 Å². The average molecular weight is 1370 g/mol. The number of aliphatic hydroxyl groups excluding tert-OH is 1. The first-order chi connectivity index (χ1) is 44.6. The molecule has 0 bridgehead atoms. The number of hydrogen-bond acceptors (Lipinski definition) is 15. The molecule has 0 amide bonds. The molecule has 93 heavy (non-hydrogen) atoms. The van der Waals surface area contributed by atoms with E-state index in [2.05, 4.69) is 55.4 Å². The number of unbranched alkanes of at least 4 members (excludes halogenated alkanes) is 36. The molecule has 0 spiro atoms. The van der Waals surface area contributed by atoms with Crippen LogP contribution in [0.3, 0.4) is 0 Å². The zero-order chi connectivity index (χ0) is 68.9. The van der Waals surface area contributed by atoms with Gasteiger partial charge in [-0.15, -0.1) is 0 Å². The second kappa shape index (κ2) is 63.5. The van der Waals surface area contributed by atoms with Crippen molar-refractivity contribution in [1.82, 2.24) is 0 Å². The molecule has 0 rings (SSSR count). The summed E-state index contributed by atoms with van der Waals surface area (Å²) in [4.78, 5) is 72.7. The molecule has 0 aliphatic heterocycles. The van der Waals surface area contributed by atoms with E-state index in [1.165, 1.54) is 173 Å². The lowest BCUT2D eigenvalue weighted by Crippen LogP contribution is -2.30. The SMILES string of the molecule is CCC(C)CCCCCCCCCCC(=O)O[C@H](COC(=O)CCCCCCCCCCCCCCCCCC(C)C)COP(=O)(O)OCC(O)COP(=O)(O)OC[C@@H](COC(=O)CCCCCCCCCCC(C)C)OC(=O)CCCCCCCCCCCC(C)C. The van der Waals surface area contributed by atoms with Crippen LogP contribution in [0.25, 0.3) is 0 Å². The van der Waals surface area contributed by atoms with E-state index in [1.54, 1.807) is 0 Å². The summed E-state index contributed by atoms with van der Waals surface area (Å²) in [7, 11) is -9.91. The van der Waals surface area contributed by atoms with Crippen LogP contribution in [0.4, 0.5) is 0 Å². The Kier molecular flexibility index (Phi) is 62.2. The van der Waals surface area contributed by atoms with Crippen molar-refractivity contribution < 1.29 is 80.2 Å². The third-order valence-corrected chi connectivity index (χ3v) is 19.3. The van der Waals surface area contributed by atoms with Crippen LogP contribution in [0.2, 0.25) is 0 Å². The Morgan fingerprint density at radius 1 is 0.301 bits per heavy atom. The van der Waals surface area contributed by atoms with Crippen LogP contribution in [-0.2, 0) is 65.4 Å². The molecule has 0 aromatic heterocycles. The molecule has 0 aliphatic rings. The molecule has 0 saturated heterocycles. The lowest BCUT2D eigenvalue weighted by atomic mass is 9.99. The molecule has 0 heterocycles. The zero-order valence-electron chi connectivity index (χ0n) is 60.9. The maximum Gasteiger partial charge on any atom is 0.472 e. The summed E-state index contributed by atoms with van der Waals surface area (Å²) in [5, 5.41) is 10.6. The Balaban J connectivity index is 5.23. The predicted molar refractivity (Wildman–Crippen MR) is 377 cm³/mol. The van der Waals surface area contributed by atoms with E-state index in [1.807, 2.05) is 0 Å². The van der Waals surface area contributed by atoms with Crippen LogP contribution in [0, 0.1) is 23.7 Å². The Hall–Kier alpha value is -1.94. The molecular formula is C74H144O17P2. The number of carbonyl (C=O) groups excluding carboxylic acids is 4. The van der Waals surface area contributed by atoms with Gasteiger partial charge in [-0.25, -0.2) is 9.13 Å². The van der Waals surface area contributed by atoms with E-state index < -0.39 is 97.5 Å². The fourth-order valence-electron chi connectivity index (χ4n) is 11.2. The first-order valence-corrected chi connectivity index (χ1v) is 41.2. The van der Waals surface area contributed by atoms with E-state index in [4.69, 9.17) is 37.0 Å². The maximum atomic E-state index is 13.1. The lowest BCUT2D eigenvalue weighted by Gasteiger charge is -2.21. The third-order valence-electron chi connectivity index (χ3n) is 17.4. The summed E-state index contributed by atoms with van der Waals surface area (Å²) in [6.07, 6.45) is 47.2. The van der Waals surface area contributed by atoms with Crippen molar-refractivity contribution in [1.29, 1.82) is 0 Å². The van der Waals surface area contributed by atoms with Gasteiger partial charge in [0.15, 0.2) is 12.2 Å². The minimum absolute atomic E-state index is 0.104. The fraction of sp³-hybridized carbons (Fsp3) is 0.946. The minimum atomic E-state index is -4.96. The molecule has 19 heteroatoms. The normalized spacial score (nSPS) is 14.5. The molecule has 0 fully saturated rings. The second-order valence-corrected chi connectivity index (χ2v) is 31.3. The van der Waals surface area contributed by atoms with Gasteiger partial charge < -0.3 is 33.8 Å². The molecule has 6 atom stereocenters. The van der Waals surface area contributed by atoms with Crippen LogP contribution in [0.5, 0.6) is 0 Å². The number of hydrogen-bond donors (Lipinski definition) is 3. The highest BCUT2D eigenvalue weighted by Crippen LogP contribution is 2.45. The molecule has 0 radical (unpaired) electrons. The molecular weight excluding hydrogens is 1220 g/mol. The molecule has 552 valence electrons. The van der Waals surface area contributed by atoms with Crippen molar-refractivity contribution in [2.45, 2.75) is 388 Å². The van der Waals surface area contributed by atoms with Crippen molar-refractivity contribution in [3.05, 3.63) is 0 Å². The summed E-state index contributed by atoms with van der Waals surface area (Å²) in [6, 6.07) is 0. The minimum Gasteiger partial charge on any atom is -0.462 e. The van der Waals surface area contributed by atoms with Gasteiger partial charge in [-0.05, 0) is 49.4 Å². The van der Waals surface area contributed by atoms with Crippen molar-refractivity contribution in [3.8, 4) is 0 Å². The monoisotopic (exact) mass is 1370 g/mol. The molecule has 0 aliphatic carbocycles. The standard InChI is InChI=1S/C74H144O17P2/c1-9-67(8)53-45-37-29-23-25-33-41-49-57-74(79)91-70(60-84-71(76)54-46-38-30-20-16-14-12-10-11-13-15-18-26-34-42-50-64(2)3)63-89-93(82,83)87-59-68(75)58-86-92(80,81)88-62-69(61-85-72(77)55-47-39-31-24-22-28-36-44-52-66(6)7)90-73(78)56-48-40-32-21-17-19-27-35-43-51-65(4)5/h64-70,75H,9-63H2,1-8H3,(H,80,81)(H,82,83)/t67?,68?,69-,70-/m1/s1. The number of aliphatic hydroxyl groups is 1. The van der Waals surface area contributed by atoms with Gasteiger partial charge in [-0.3, -0.25) is 37.3 Å². The van der Waals surface area contributed by atoms with Crippen LogP contribution in [0.1, 0.15) is 370 Å². The highest BCUT2D eigenvalue weighted by atomic mass is 31.2. The van der Waals surface area contributed by atoms with Crippen molar-refractivity contribution in [2.75, 3.05) is 39.6 Å². The second-order valence-electron chi connectivity index (χ2n) is 28.4. The first kappa shape index (κ1) is 91.1. The smallest absolute Gasteiger partial charge is 0.462 e. The topological polar surface area (TPSA) is 237 Å². The van der Waals surface area contributed by atoms with E-state index in [0.717, 1.165) is 114 Å². The number of rotatable bonds is 71. The van der Waals surface area contributed by atoms with Crippen molar-refractivity contribution >= 4 is 39.5 Å². The van der Waals surface area contributed by atoms with E-state index in [-0.39, 0.29) is 25.7 Å². The molecule has 0 aromatic carbocycles. The Bertz CT molecular complexity index is 1840. The number of esters is 4. The summed E-state index contributed by atoms with van der Waals surface area (Å²) >= 11 is 0. The maximum absolute atomic E-state index is 13.1. The van der Waals surface area contributed by atoms with Crippen LogP contribution < -0.4 is 0 Å². The van der Waals surface area contributed by atoms with E-state index in [0.29, 0.717) is 25.7 Å². The Morgan fingerprint density at radius 3 is 0.763 bits per heavy atom. The number of phosphoric acid groups is 2. The first-order valence-electron chi connectivity index (χ1n) is 38.2. The van der Waals surface area contributed by atoms with Gasteiger partial charge in [-0.2, -0.15) is 0 Å². The summed E-state index contributed by atoms with van der Waals surface area (Å²) < 4.78 is 68.4. The molecule has 0 aromatic rings. The van der Waals surface area contributed by atoms with Crippen LogP contribution in [0.15, 0.2) is 0 Å². The van der Waals surface area contributed by atoms with E-state index in [9.17, 15) is 43.2 Å². The van der Waals surface area contributed by atoms with Crippen LogP contribution >= 0.6 is 15.6 Å². The Labute approximate surface area is 568 Å². The summed E-state index contributed by atoms with van der Waals surface area (Å²) in [6.45, 7) is 14.1. The van der Waals surface area contributed by atoms with Crippen molar-refractivity contribution in [3.63, 3.8) is 0 Å². The van der Waals surface area contributed by atoms with Gasteiger partial charge >= 0.3 is 39.5 Å².